The van der Waals surface area contributed by atoms with Crippen LogP contribution in [-0.2, 0) is 4.79 Å². The molecule has 1 aromatic carbocycles. The van der Waals surface area contributed by atoms with Crippen LogP contribution in [0.1, 0.15) is 30.7 Å². The number of fused-ring (bicyclic) bond motifs is 1. The number of rotatable bonds is 5. The van der Waals surface area contributed by atoms with Crippen molar-refractivity contribution in [3.63, 3.8) is 0 Å². The molecule has 1 fully saturated rings. The number of para-hydroxylation sites is 1. The number of hydrogen-bond acceptors (Lipinski definition) is 3. The predicted octanol–water partition coefficient (Wildman–Crippen LogP) is 2.17. The van der Waals surface area contributed by atoms with Gasteiger partial charge in [0.2, 0.25) is 5.91 Å². The molecular formula is C17H24N4OS. The SMILES string of the molecule is CN=C(NCCC1C(=O)Nc2ccccc21)NCC1CCCS1. The highest BCUT2D eigenvalue weighted by Gasteiger charge is 2.29. The monoisotopic (exact) mass is 332 g/mol. The van der Waals surface area contributed by atoms with Crippen LogP contribution in [0.3, 0.4) is 0 Å². The van der Waals surface area contributed by atoms with Gasteiger partial charge in [-0.15, -0.1) is 0 Å². The van der Waals surface area contributed by atoms with Crippen molar-refractivity contribution < 1.29 is 4.79 Å². The molecule has 2 aliphatic rings. The zero-order valence-corrected chi connectivity index (χ0v) is 14.3. The van der Waals surface area contributed by atoms with E-state index in [1.54, 1.807) is 7.05 Å². The summed E-state index contributed by atoms with van der Waals surface area (Å²) in [6.07, 6.45) is 3.37. The van der Waals surface area contributed by atoms with Crippen LogP contribution in [0, 0.1) is 0 Å². The Labute approximate surface area is 141 Å². The highest BCUT2D eigenvalue weighted by atomic mass is 32.2. The molecule has 23 heavy (non-hydrogen) atoms. The molecular weight excluding hydrogens is 308 g/mol. The number of nitrogens with one attached hydrogen (secondary N) is 3. The quantitative estimate of drug-likeness (QED) is 0.571. The van der Waals surface area contributed by atoms with Gasteiger partial charge >= 0.3 is 0 Å². The molecule has 0 aliphatic carbocycles. The Morgan fingerprint density at radius 1 is 1.39 bits per heavy atom. The van der Waals surface area contributed by atoms with E-state index in [0.29, 0.717) is 5.25 Å². The molecule has 6 heteroatoms. The lowest BCUT2D eigenvalue weighted by Gasteiger charge is -2.16. The minimum absolute atomic E-state index is 0.0674. The molecule has 1 aromatic rings. The van der Waals surface area contributed by atoms with E-state index in [0.717, 1.165) is 36.7 Å². The topological polar surface area (TPSA) is 65.5 Å². The van der Waals surface area contributed by atoms with Crippen molar-refractivity contribution in [1.29, 1.82) is 0 Å². The van der Waals surface area contributed by atoms with Gasteiger partial charge in [-0.1, -0.05) is 18.2 Å². The first kappa shape index (κ1) is 16.2. The van der Waals surface area contributed by atoms with Gasteiger partial charge in [-0.05, 0) is 36.6 Å². The lowest BCUT2D eigenvalue weighted by Crippen LogP contribution is -2.41. The molecule has 0 aromatic heterocycles. The third kappa shape index (κ3) is 3.99. The molecule has 1 saturated heterocycles. The maximum absolute atomic E-state index is 12.1. The van der Waals surface area contributed by atoms with Crippen molar-refractivity contribution in [2.45, 2.75) is 30.4 Å². The lowest BCUT2D eigenvalue weighted by atomic mass is 9.97. The molecule has 2 heterocycles. The van der Waals surface area contributed by atoms with Crippen LogP contribution in [-0.4, -0.2) is 43.0 Å². The van der Waals surface area contributed by atoms with E-state index >= 15 is 0 Å². The van der Waals surface area contributed by atoms with E-state index in [-0.39, 0.29) is 11.8 Å². The molecule has 2 aliphatic heterocycles. The van der Waals surface area contributed by atoms with Crippen LogP contribution in [0.15, 0.2) is 29.3 Å². The average molecular weight is 332 g/mol. The molecule has 3 rings (SSSR count). The summed E-state index contributed by atoms with van der Waals surface area (Å²) in [6, 6.07) is 7.93. The summed E-state index contributed by atoms with van der Waals surface area (Å²) in [7, 11) is 1.79. The number of guanidine groups is 1. The Hall–Kier alpha value is -1.69. The highest BCUT2D eigenvalue weighted by molar-refractivity contribution is 8.00. The Balaban J connectivity index is 1.45. The smallest absolute Gasteiger partial charge is 0.232 e. The number of amides is 1. The fourth-order valence-electron chi connectivity index (χ4n) is 3.13. The Morgan fingerprint density at radius 3 is 3.04 bits per heavy atom. The van der Waals surface area contributed by atoms with Gasteiger partial charge in [-0.25, -0.2) is 0 Å². The van der Waals surface area contributed by atoms with E-state index in [1.807, 2.05) is 36.0 Å². The third-order valence-electron chi connectivity index (χ3n) is 4.38. The molecule has 2 unspecified atom stereocenters. The normalized spacial score (nSPS) is 23.5. The lowest BCUT2D eigenvalue weighted by molar-refractivity contribution is -0.117. The maximum atomic E-state index is 12.1. The van der Waals surface area contributed by atoms with Gasteiger partial charge < -0.3 is 16.0 Å². The van der Waals surface area contributed by atoms with Crippen LogP contribution in [0.4, 0.5) is 5.69 Å². The zero-order chi connectivity index (χ0) is 16.1. The van der Waals surface area contributed by atoms with Gasteiger partial charge in [0.1, 0.15) is 0 Å². The van der Waals surface area contributed by atoms with Gasteiger partial charge in [-0.2, -0.15) is 11.8 Å². The first-order valence-corrected chi connectivity index (χ1v) is 9.28. The van der Waals surface area contributed by atoms with Gasteiger partial charge in [0, 0.05) is 31.1 Å². The van der Waals surface area contributed by atoms with Crippen LogP contribution in [0.5, 0.6) is 0 Å². The number of anilines is 1. The number of nitrogens with zero attached hydrogens (tertiary/aromatic N) is 1. The Morgan fingerprint density at radius 2 is 2.26 bits per heavy atom. The number of carbonyl (C=O) groups excluding carboxylic acids is 1. The number of hydrogen-bond donors (Lipinski definition) is 3. The average Bonchev–Trinajstić information content (AvgIpc) is 3.18. The summed E-state index contributed by atoms with van der Waals surface area (Å²) < 4.78 is 0. The number of carbonyl (C=O) groups is 1. The van der Waals surface area contributed by atoms with Crippen molar-refractivity contribution in [3.05, 3.63) is 29.8 Å². The van der Waals surface area contributed by atoms with Crippen LogP contribution in [0.25, 0.3) is 0 Å². The number of aliphatic imine (C=N–C) groups is 1. The fraction of sp³-hybridized carbons (Fsp3) is 0.529. The largest absolute Gasteiger partial charge is 0.356 e. The molecule has 0 radical (unpaired) electrons. The molecule has 1 amide bonds. The van der Waals surface area contributed by atoms with Gasteiger partial charge in [0.05, 0.1) is 5.92 Å². The van der Waals surface area contributed by atoms with Gasteiger partial charge in [0.15, 0.2) is 5.96 Å². The molecule has 3 N–H and O–H groups in total. The van der Waals surface area contributed by atoms with E-state index in [4.69, 9.17) is 0 Å². The van der Waals surface area contributed by atoms with E-state index < -0.39 is 0 Å². The minimum atomic E-state index is -0.0674. The standard InChI is InChI=1S/C17H24N4OS/c1-18-17(20-11-12-5-4-10-23-12)19-9-8-14-13-6-2-3-7-15(13)21-16(14)22/h2-3,6-7,12,14H,4-5,8-11H2,1H3,(H,21,22)(H2,18,19,20). The van der Waals surface area contributed by atoms with Gasteiger partial charge in [0.25, 0.3) is 0 Å². The van der Waals surface area contributed by atoms with Crippen LogP contribution < -0.4 is 16.0 Å². The summed E-state index contributed by atoms with van der Waals surface area (Å²) in [6.45, 7) is 1.68. The van der Waals surface area contributed by atoms with Crippen molar-refractivity contribution >= 4 is 29.3 Å². The van der Waals surface area contributed by atoms with E-state index in [1.165, 1.54) is 18.6 Å². The fourth-order valence-corrected chi connectivity index (χ4v) is 4.33. The predicted molar refractivity (Wildman–Crippen MR) is 97.3 cm³/mol. The minimum Gasteiger partial charge on any atom is -0.356 e. The molecule has 2 atom stereocenters. The second-order valence-corrected chi connectivity index (χ2v) is 7.34. The Bertz CT molecular complexity index is 584. The number of benzene rings is 1. The second kappa shape index (κ2) is 7.73. The molecule has 0 spiro atoms. The van der Waals surface area contributed by atoms with E-state index in [9.17, 15) is 4.79 Å². The number of thioether (sulfide) groups is 1. The van der Waals surface area contributed by atoms with E-state index in [2.05, 4.69) is 20.9 Å². The summed E-state index contributed by atoms with van der Waals surface area (Å²) in [5.74, 6) is 2.12. The summed E-state index contributed by atoms with van der Waals surface area (Å²) in [5.41, 5.74) is 2.05. The van der Waals surface area contributed by atoms with Crippen molar-refractivity contribution in [2.75, 3.05) is 31.2 Å². The second-order valence-electron chi connectivity index (χ2n) is 5.93. The van der Waals surface area contributed by atoms with Crippen molar-refractivity contribution in [3.8, 4) is 0 Å². The molecule has 124 valence electrons. The summed E-state index contributed by atoms with van der Waals surface area (Å²) >= 11 is 2.03. The van der Waals surface area contributed by atoms with Crippen LogP contribution >= 0.6 is 11.8 Å². The van der Waals surface area contributed by atoms with Crippen LogP contribution in [0.2, 0.25) is 0 Å². The maximum Gasteiger partial charge on any atom is 0.232 e. The highest BCUT2D eigenvalue weighted by Crippen LogP contribution is 2.33. The Kier molecular flexibility index (Phi) is 5.43. The molecule has 0 bridgehead atoms. The first-order valence-electron chi connectivity index (χ1n) is 8.24. The third-order valence-corrected chi connectivity index (χ3v) is 5.78. The zero-order valence-electron chi connectivity index (χ0n) is 13.5. The molecule has 5 nitrogen and oxygen atoms in total. The van der Waals surface area contributed by atoms with Gasteiger partial charge in [-0.3, -0.25) is 9.79 Å². The summed E-state index contributed by atoms with van der Waals surface area (Å²) in [4.78, 5) is 16.3. The molecule has 0 saturated carbocycles. The van der Waals surface area contributed by atoms with Crippen molar-refractivity contribution in [2.24, 2.45) is 4.99 Å². The summed E-state index contributed by atoms with van der Waals surface area (Å²) in [5, 5.41) is 10.3. The first-order chi connectivity index (χ1) is 11.3. The van der Waals surface area contributed by atoms with Crippen molar-refractivity contribution in [1.82, 2.24) is 10.6 Å².